The minimum atomic E-state index is -6.16. The summed E-state index contributed by atoms with van der Waals surface area (Å²) in [5, 5.41) is 21.1. The van der Waals surface area contributed by atoms with Gasteiger partial charge in [-0.3, -0.25) is 18.0 Å². The van der Waals surface area contributed by atoms with E-state index in [1.165, 1.54) is 22.7 Å². The van der Waals surface area contributed by atoms with Crippen LogP contribution in [0.2, 0.25) is 0 Å². The van der Waals surface area contributed by atoms with E-state index in [2.05, 4.69) is 34.7 Å². The summed E-state index contributed by atoms with van der Waals surface area (Å²) in [6.45, 7) is 2.57. The number of aromatic nitrogens is 4. The van der Waals surface area contributed by atoms with Gasteiger partial charge >= 0.3 is 0 Å². The van der Waals surface area contributed by atoms with Gasteiger partial charge in [0.15, 0.2) is 22.8 Å². The number of unbranched alkanes of at least 4 members (excludes halogenated alkanes) is 2. The molecule has 22 nitrogen and oxygen atoms in total. The number of imidazole rings is 1. The fourth-order valence-corrected chi connectivity index (χ4v) is 6.98. The van der Waals surface area contributed by atoms with Crippen LogP contribution in [0.3, 0.4) is 0 Å². The van der Waals surface area contributed by atoms with Gasteiger partial charge in [-0.2, -0.15) is 0 Å². The van der Waals surface area contributed by atoms with Crippen LogP contribution in [-0.4, -0.2) is 60.4 Å². The highest BCUT2D eigenvalue weighted by atomic mass is 32.2. The first-order valence-corrected chi connectivity index (χ1v) is 16.0. The molecule has 1 saturated heterocycles. The minimum absolute atomic E-state index is 0. The van der Waals surface area contributed by atoms with Gasteiger partial charge in [-0.25, -0.2) is 19.3 Å². The Morgan fingerprint density at radius 2 is 1.69 bits per heavy atom. The highest BCUT2D eigenvalue weighted by Gasteiger charge is 2.45. The molecule has 1 aliphatic heterocycles. The summed E-state index contributed by atoms with van der Waals surface area (Å²) in [6.07, 6.45) is -0.684. The number of hydrogen-bond donors (Lipinski definition) is 7. The van der Waals surface area contributed by atoms with Crippen molar-refractivity contribution in [1.29, 1.82) is 0 Å². The monoisotopic (exact) mass is 689 g/mol. The Hall–Kier alpha value is -1.43. The number of fused-ring (bicyclic) bond motifs is 1. The predicted molar refractivity (Wildman–Crippen MR) is 145 cm³/mol. The molecule has 1 fully saturated rings. The standard InChI is InChI=1S/C16H26N5O13P3S.4H3N/c1-2-3-4-5-6-38-16-19-13(17)10-14(20-16)21(8-18-10)15-12(23)11(22)9(32-15)7-31-36(27,28)34-37(29,30)33-35(24,25)26;;;;/h2,8-9,11-12,15,22-23H,1,3-7H2,(H,27,28)(H,29,30)(H2,17,19,20)(H2,24,25,26);4*1H3/t9-,11-,12-,15-;;;;/m1..../s1. The van der Waals surface area contributed by atoms with Gasteiger partial charge in [0, 0.05) is 5.75 Å². The Morgan fingerprint density at radius 3 is 2.29 bits per heavy atom. The van der Waals surface area contributed by atoms with E-state index in [1.807, 2.05) is 6.08 Å². The van der Waals surface area contributed by atoms with E-state index in [-0.39, 0.29) is 41.6 Å². The molecule has 6 atom stereocenters. The van der Waals surface area contributed by atoms with Crippen molar-refractivity contribution in [2.45, 2.75) is 49.0 Å². The number of ether oxygens (including phenoxy) is 1. The third-order valence-corrected chi connectivity index (χ3v) is 9.47. The smallest absolute Gasteiger partial charge is 0.278 e. The second-order valence-corrected chi connectivity index (χ2v) is 13.0. The number of nitrogens with zero attached hydrogens (tertiary/aromatic N) is 4. The molecular weight excluding hydrogens is 651 g/mol. The fraction of sp³-hybridized carbons (Fsp3) is 0.562. The number of quaternary nitrogens is 4. The first-order valence-electron chi connectivity index (χ1n) is 10.6. The van der Waals surface area contributed by atoms with Crippen molar-refractivity contribution in [3.8, 4) is 0 Å². The first kappa shape index (κ1) is 42.7. The molecular formula is C16H38N9O13P3S. The molecule has 0 radical (unpaired) electrons. The number of anilines is 1. The van der Waals surface area contributed by atoms with Gasteiger partial charge in [-0.1, -0.05) is 17.8 Å². The maximum atomic E-state index is 11.8. The van der Waals surface area contributed by atoms with Crippen LogP contribution in [0.25, 0.3) is 11.2 Å². The average molecular weight is 690 g/mol. The molecule has 2 unspecified atom stereocenters. The molecule has 2 aromatic heterocycles. The summed E-state index contributed by atoms with van der Waals surface area (Å²) >= 11 is 1.33. The Morgan fingerprint density at radius 1 is 1.05 bits per heavy atom. The number of thioether (sulfide) groups is 1. The maximum Gasteiger partial charge on any atom is 0.278 e. The molecule has 0 amide bonds. The average Bonchev–Trinajstić information content (AvgIpc) is 3.31. The van der Waals surface area contributed by atoms with Gasteiger partial charge in [-0.05, 0) is 19.3 Å². The zero-order chi connectivity index (χ0) is 28.3. The lowest BCUT2D eigenvalue weighted by Gasteiger charge is -2.37. The Balaban J connectivity index is 0. The number of hydrogen-bond acceptors (Lipinski definition) is 18. The molecule has 20 N–H and O–H groups in total. The van der Waals surface area contributed by atoms with Gasteiger partial charge in [0.1, 0.15) is 23.8 Å². The molecule has 3 rings (SSSR count). The van der Waals surface area contributed by atoms with Gasteiger partial charge in [0.2, 0.25) is 0 Å². The molecule has 42 heavy (non-hydrogen) atoms. The molecule has 0 bridgehead atoms. The van der Waals surface area contributed by atoms with E-state index in [4.69, 9.17) is 10.5 Å². The van der Waals surface area contributed by atoms with E-state index in [0.717, 1.165) is 19.3 Å². The Kier molecular flexibility index (Phi) is 17.4. The summed E-state index contributed by atoms with van der Waals surface area (Å²) in [4.78, 5) is 56.5. The molecule has 3 heterocycles. The van der Waals surface area contributed by atoms with Crippen LogP contribution in [0.5, 0.6) is 0 Å². The number of nitrogen functional groups attached to an aromatic ring is 1. The molecule has 0 aliphatic carbocycles. The highest BCUT2D eigenvalue weighted by molar-refractivity contribution is 7.99. The number of phosphoric ester groups is 1. The second kappa shape index (κ2) is 17.2. The zero-order valence-electron chi connectivity index (χ0n) is 23.2. The normalized spacial score (nSPS) is 22.9. The highest BCUT2D eigenvalue weighted by Crippen LogP contribution is 2.60. The van der Waals surface area contributed by atoms with Gasteiger partial charge in [0.05, 0.1) is 20.8 Å². The van der Waals surface area contributed by atoms with Crippen LogP contribution in [0.15, 0.2) is 24.1 Å². The van der Waals surface area contributed by atoms with E-state index in [0.29, 0.717) is 10.9 Å². The summed E-state index contributed by atoms with van der Waals surface area (Å²) < 4.78 is 51.0. The van der Waals surface area contributed by atoms with Crippen LogP contribution in [-0.2, 0) is 31.6 Å². The van der Waals surface area contributed by atoms with Crippen molar-refractivity contribution in [3.63, 3.8) is 0 Å². The Labute approximate surface area is 243 Å². The maximum absolute atomic E-state index is 11.8. The topological polar surface area (TPSA) is 436 Å². The molecule has 0 spiro atoms. The lowest BCUT2D eigenvalue weighted by Crippen LogP contribution is -2.34. The number of allylic oxidation sites excluding steroid dienone is 1. The van der Waals surface area contributed by atoms with Gasteiger partial charge < -0.3 is 73.9 Å². The summed E-state index contributed by atoms with van der Waals surface area (Å²) in [6, 6.07) is 0. The molecule has 2 aromatic rings. The molecule has 246 valence electrons. The number of phosphoric acid groups is 3. The summed E-state index contributed by atoms with van der Waals surface area (Å²) in [7, 11) is -18.2. The van der Waals surface area contributed by atoms with Crippen molar-refractivity contribution in [2.75, 3.05) is 18.1 Å². The van der Waals surface area contributed by atoms with Crippen molar-refractivity contribution in [3.05, 3.63) is 19.0 Å². The SMILES string of the molecule is C=CCCCCSc1nc(N)c2ncn([C@@H]3O[C@H](COP(=O)([O-])OP(=O)([O-])OP(=O)([O-])[O-])[C@@H](O)[C@H]3O)c2n1.[NH4+].[NH4+].[NH4+].[NH4+]. The van der Waals surface area contributed by atoms with Crippen molar-refractivity contribution >= 4 is 52.2 Å². The second-order valence-electron chi connectivity index (χ2n) is 7.70. The van der Waals surface area contributed by atoms with Crippen LogP contribution in [0.4, 0.5) is 5.82 Å². The third kappa shape index (κ3) is 11.6. The van der Waals surface area contributed by atoms with Crippen molar-refractivity contribution in [1.82, 2.24) is 44.1 Å². The summed E-state index contributed by atoms with van der Waals surface area (Å²) in [5.41, 5.74) is 6.29. The van der Waals surface area contributed by atoms with E-state index in [1.54, 1.807) is 0 Å². The van der Waals surface area contributed by atoms with Crippen LogP contribution in [0.1, 0.15) is 25.5 Å². The number of rotatable bonds is 14. The Bertz CT molecular complexity index is 1300. The van der Waals surface area contributed by atoms with Crippen molar-refractivity contribution < 1.29 is 61.4 Å². The summed E-state index contributed by atoms with van der Waals surface area (Å²) in [5.74, 6) is 0.734. The molecule has 26 heteroatoms. The molecule has 1 aliphatic rings. The number of aliphatic hydroxyl groups is 2. The van der Waals surface area contributed by atoms with Gasteiger partial charge in [0.25, 0.3) is 15.6 Å². The van der Waals surface area contributed by atoms with E-state index in [9.17, 15) is 43.5 Å². The molecule has 0 aromatic carbocycles. The predicted octanol–water partition coefficient (Wildman–Crippen LogP) is -0.204. The van der Waals surface area contributed by atoms with Crippen LogP contribution >= 0.6 is 35.2 Å². The van der Waals surface area contributed by atoms with Crippen molar-refractivity contribution in [2.24, 2.45) is 0 Å². The third-order valence-electron chi connectivity index (χ3n) is 4.87. The lowest BCUT2D eigenvalue weighted by atomic mass is 10.1. The number of nitrogens with two attached hydrogens (primary N) is 1. The zero-order valence-corrected chi connectivity index (χ0v) is 26.7. The quantitative estimate of drug-likeness (QED) is 0.0443. The minimum Gasteiger partial charge on any atom is -0.790 e. The fourth-order valence-electron chi connectivity index (χ4n) is 3.27. The first-order chi connectivity index (χ1) is 17.6. The van der Waals surface area contributed by atoms with Crippen LogP contribution < -0.4 is 49.9 Å². The van der Waals surface area contributed by atoms with Gasteiger partial charge in [-0.15, -0.1) is 6.58 Å². The largest absolute Gasteiger partial charge is 0.790 e. The molecule has 0 saturated carbocycles. The number of aliphatic hydroxyl groups excluding tert-OH is 2. The van der Waals surface area contributed by atoms with E-state index < -0.39 is 54.6 Å². The van der Waals surface area contributed by atoms with E-state index >= 15 is 0 Å². The lowest BCUT2D eigenvalue weighted by molar-refractivity contribution is -0.339. The van der Waals surface area contributed by atoms with Crippen LogP contribution in [0, 0.1) is 0 Å².